The van der Waals surface area contributed by atoms with Crippen molar-refractivity contribution < 1.29 is 9.53 Å². The molecule has 1 heterocycles. The predicted molar refractivity (Wildman–Crippen MR) is 91.5 cm³/mol. The highest BCUT2D eigenvalue weighted by Crippen LogP contribution is 2.16. The topological polar surface area (TPSA) is 84.0 Å². The molecular weight excluding hydrogens is 314 g/mol. The molecule has 0 radical (unpaired) electrons. The second-order valence-electron chi connectivity index (χ2n) is 5.27. The van der Waals surface area contributed by atoms with Gasteiger partial charge in [0, 0.05) is 30.8 Å². The van der Waals surface area contributed by atoms with Gasteiger partial charge in [0.1, 0.15) is 11.6 Å². The first kappa shape index (κ1) is 17.0. The number of carbonyl (C=O) groups excluding carboxylic acids is 1. The van der Waals surface area contributed by atoms with Crippen molar-refractivity contribution in [1.29, 1.82) is 0 Å². The summed E-state index contributed by atoms with van der Waals surface area (Å²) in [6.45, 7) is 4.54. The van der Waals surface area contributed by atoms with E-state index < -0.39 is 0 Å². The highest BCUT2D eigenvalue weighted by molar-refractivity contribution is 7.71. The molecular formula is C15H21N5O2S. The van der Waals surface area contributed by atoms with Crippen molar-refractivity contribution in [2.24, 2.45) is 0 Å². The van der Waals surface area contributed by atoms with E-state index in [0.717, 1.165) is 5.82 Å². The van der Waals surface area contributed by atoms with Gasteiger partial charge in [0.15, 0.2) is 4.77 Å². The smallest absolute Gasteiger partial charge is 0.319 e. The van der Waals surface area contributed by atoms with Gasteiger partial charge in [0.25, 0.3) is 0 Å². The number of benzene rings is 1. The molecule has 0 saturated carbocycles. The zero-order valence-electron chi connectivity index (χ0n) is 13.4. The number of hydrogen-bond donors (Lipinski definition) is 3. The molecule has 0 atom stereocenters. The number of hydrogen-bond acceptors (Lipinski definition) is 4. The molecule has 2 amide bonds. The van der Waals surface area contributed by atoms with Crippen LogP contribution in [0.3, 0.4) is 0 Å². The summed E-state index contributed by atoms with van der Waals surface area (Å²) in [5.41, 5.74) is 0.673. The van der Waals surface area contributed by atoms with Gasteiger partial charge in [-0.2, -0.15) is 5.10 Å². The summed E-state index contributed by atoms with van der Waals surface area (Å²) in [6.07, 6.45) is 0.594. The minimum atomic E-state index is -0.275. The lowest BCUT2D eigenvalue weighted by Crippen LogP contribution is -2.31. The van der Waals surface area contributed by atoms with Gasteiger partial charge in [-0.3, -0.25) is 5.10 Å². The average Bonchev–Trinajstić information content (AvgIpc) is 2.88. The second kappa shape index (κ2) is 7.77. The predicted octanol–water partition coefficient (Wildman–Crippen LogP) is 2.89. The summed E-state index contributed by atoms with van der Waals surface area (Å²) in [7, 11) is 1.58. The van der Waals surface area contributed by atoms with Crippen LogP contribution in [-0.4, -0.2) is 34.5 Å². The Balaban J connectivity index is 1.86. The fraction of sp³-hybridized carbons (Fsp3) is 0.400. The van der Waals surface area contributed by atoms with E-state index in [9.17, 15) is 4.79 Å². The number of rotatable bonds is 6. The average molecular weight is 335 g/mol. The van der Waals surface area contributed by atoms with Crippen molar-refractivity contribution in [3.8, 4) is 5.75 Å². The third-order valence-electron chi connectivity index (χ3n) is 3.26. The molecule has 0 unspecified atom stereocenters. The molecule has 0 saturated heterocycles. The van der Waals surface area contributed by atoms with Crippen LogP contribution in [0.4, 0.5) is 10.5 Å². The molecule has 0 spiro atoms. The Kier molecular flexibility index (Phi) is 5.75. The van der Waals surface area contributed by atoms with Crippen LogP contribution in [0.5, 0.6) is 5.75 Å². The molecule has 7 nitrogen and oxygen atoms in total. The molecule has 23 heavy (non-hydrogen) atoms. The number of urea groups is 1. The van der Waals surface area contributed by atoms with Gasteiger partial charge in [0.2, 0.25) is 0 Å². The Hall–Kier alpha value is -2.35. The maximum atomic E-state index is 11.9. The second-order valence-corrected chi connectivity index (χ2v) is 5.66. The lowest BCUT2D eigenvalue weighted by atomic mass is 10.3. The quantitative estimate of drug-likeness (QED) is 0.709. The van der Waals surface area contributed by atoms with Crippen molar-refractivity contribution in [3.63, 3.8) is 0 Å². The summed E-state index contributed by atoms with van der Waals surface area (Å²) in [6, 6.07) is 7.13. The molecule has 0 aliphatic rings. The highest BCUT2D eigenvalue weighted by Gasteiger charge is 2.09. The number of carbonyl (C=O) groups is 1. The number of methoxy groups -OCH3 is 1. The van der Waals surface area contributed by atoms with E-state index in [2.05, 4.69) is 20.8 Å². The lowest BCUT2D eigenvalue weighted by molar-refractivity contribution is 0.252. The van der Waals surface area contributed by atoms with Crippen LogP contribution in [0.25, 0.3) is 0 Å². The van der Waals surface area contributed by atoms with Gasteiger partial charge < -0.3 is 19.9 Å². The third-order valence-corrected chi connectivity index (χ3v) is 3.54. The number of aromatic amines is 1. The molecule has 2 aromatic rings. The van der Waals surface area contributed by atoms with Crippen molar-refractivity contribution in [2.45, 2.75) is 26.3 Å². The van der Waals surface area contributed by atoms with Crippen molar-refractivity contribution >= 4 is 23.9 Å². The van der Waals surface area contributed by atoms with E-state index in [1.54, 1.807) is 19.2 Å². The number of nitrogens with one attached hydrogen (secondary N) is 3. The van der Waals surface area contributed by atoms with Crippen molar-refractivity contribution in [2.75, 3.05) is 19.0 Å². The van der Waals surface area contributed by atoms with Crippen LogP contribution < -0.4 is 15.4 Å². The van der Waals surface area contributed by atoms with E-state index >= 15 is 0 Å². The summed E-state index contributed by atoms with van der Waals surface area (Å²) in [5, 5.41) is 12.5. The first-order valence-corrected chi connectivity index (χ1v) is 7.76. The van der Waals surface area contributed by atoms with Gasteiger partial charge in [-0.15, -0.1) is 0 Å². The molecule has 2 rings (SSSR count). The molecule has 0 bridgehead atoms. The van der Waals surface area contributed by atoms with E-state index in [1.807, 2.05) is 30.5 Å². The standard InChI is InChI=1S/C15H21N5O2S/c1-10(2)20-13(18-19-15(20)23)7-8-16-14(21)17-11-5-4-6-12(9-11)22-3/h4-6,9-10H,7-8H2,1-3H3,(H,19,23)(H2,16,17,21). The summed E-state index contributed by atoms with van der Waals surface area (Å²) < 4.78 is 7.65. The Labute approximate surface area is 140 Å². The summed E-state index contributed by atoms with van der Waals surface area (Å²) >= 11 is 5.19. The fourth-order valence-corrected chi connectivity index (χ4v) is 2.57. The normalized spacial score (nSPS) is 10.6. The number of anilines is 1. The van der Waals surface area contributed by atoms with Crippen LogP contribution >= 0.6 is 12.2 Å². The molecule has 1 aromatic heterocycles. The van der Waals surface area contributed by atoms with E-state index in [4.69, 9.17) is 17.0 Å². The van der Waals surface area contributed by atoms with Crippen LogP contribution in [-0.2, 0) is 6.42 Å². The molecule has 8 heteroatoms. The number of amides is 2. The van der Waals surface area contributed by atoms with Crippen molar-refractivity contribution in [3.05, 3.63) is 34.9 Å². The maximum Gasteiger partial charge on any atom is 0.319 e. The van der Waals surface area contributed by atoms with Crippen LogP contribution in [0, 0.1) is 4.77 Å². The largest absolute Gasteiger partial charge is 0.497 e. The third kappa shape index (κ3) is 4.56. The summed E-state index contributed by atoms with van der Waals surface area (Å²) in [4.78, 5) is 11.9. The summed E-state index contributed by atoms with van der Waals surface area (Å²) in [5.74, 6) is 1.52. The highest BCUT2D eigenvalue weighted by atomic mass is 32.1. The first-order valence-electron chi connectivity index (χ1n) is 7.36. The van der Waals surface area contributed by atoms with E-state index in [0.29, 0.717) is 29.2 Å². The van der Waals surface area contributed by atoms with Gasteiger partial charge in [0.05, 0.1) is 7.11 Å². The van der Waals surface area contributed by atoms with E-state index in [-0.39, 0.29) is 12.1 Å². The zero-order chi connectivity index (χ0) is 16.8. The molecule has 0 aliphatic heterocycles. The van der Waals surface area contributed by atoms with Gasteiger partial charge in [-0.25, -0.2) is 4.79 Å². The lowest BCUT2D eigenvalue weighted by Gasteiger charge is -2.11. The molecule has 124 valence electrons. The maximum absolute atomic E-state index is 11.9. The van der Waals surface area contributed by atoms with Crippen LogP contribution in [0.15, 0.2) is 24.3 Å². The molecule has 3 N–H and O–H groups in total. The van der Waals surface area contributed by atoms with Gasteiger partial charge in [-0.1, -0.05) is 6.07 Å². The number of ether oxygens (including phenoxy) is 1. The number of nitrogens with zero attached hydrogens (tertiary/aromatic N) is 2. The zero-order valence-corrected chi connectivity index (χ0v) is 14.2. The van der Waals surface area contributed by atoms with Gasteiger partial charge in [-0.05, 0) is 38.2 Å². The SMILES string of the molecule is COc1cccc(NC(=O)NCCc2n[nH]c(=S)n2C(C)C)c1. The minimum Gasteiger partial charge on any atom is -0.497 e. The minimum absolute atomic E-state index is 0.224. The van der Waals surface area contributed by atoms with Crippen molar-refractivity contribution in [1.82, 2.24) is 20.1 Å². The number of H-pyrrole nitrogens is 1. The Morgan fingerprint density at radius 3 is 2.96 bits per heavy atom. The first-order chi connectivity index (χ1) is 11.0. The number of aromatic nitrogens is 3. The fourth-order valence-electron chi connectivity index (χ4n) is 2.21. The Bertz CT molecular complexity index is 723. The van der Waals surface area contributed by atoms with Crippen LogP contribution in [0.2, 0.25) is 0 Å². The molecule has 1 aromatic carbocycles. The Morgan fingerprint density at radius 2 is 2.26 bits per heavy atom. The van der Waals surface area contributed by atoms with E-state index in [1.165, 1.54) is 0 Å². The molecule has 0 aliphatic carbocycles. The van der Waals surface area contributed by atoms with Gasteiger partial charge >= 0.3 is 6.03 Å². The monoisotopic (exact) mass is 335 g/mol. The Morgan fingerprint density at radius 1 is 1.48 bits per heavy atom. The van der Waals surface area contributed by atoms with Crippen LogP contribution in [0.1, 0.15) is 25.7 Å². The molecule has 0 fully saturated rings.